The van der Waals surface area contributed by atoms with Crippen LogP contribution in [0.15, 0.2) is 30.3 Å². The number of quaternary nitrogens is 1. The minimum absolute atomic E-state index is 0.328. The molecule has 4 nitrogen and oxygen atoms in total. The van der Waals surface area contributed by atoms with Gasteiger partial charge in [0.25, 0.3) is 0 Å². The van der Waals surface area contributed by atoms with Crippen LogP contribution >= 0.6 is 36.2 Å². The van der Waals surface area contributed by atoms with E-state index in [4.69, 9.17) is 24.4 Å². The van der Waals surface area contributed by atoms with Crippen LogP contribution in [0.2, 0.25) is 0 Å². The predicted octanol–water partition coefficient (Wildman–Crippen LogP) is 4.26. The molecule has 0 radical (unpaired) electrons. The summed E-state index contributed by atoms with van der Waals surface area (Å²) in [6.45, 7) is 0. The number of hydrogen-bond donors (Lipinski definition) is 1. The number of thiocarbonyl (C=S) groups is 2. The Morgan fingerprint density at radius 1 is 1.12 bits per heavy atom. The van der Waals surface area contributed by atoms with Gasteiger partial charge in [-0.3, -0.25) is 0 Å². The molecule has 1 saturated carbocycles. The Morgan fingerprint density at radius 3 is 2.08 bits per heavy atom. The maximum atomic E-state index is 11.3. The van der Waals surface area contributed by atoms with Gasteiger partial charge in [-0.1, -0.05) is 61.8 Å². The minimum Gasteiger partial charge on any atom is -0.627 e. The van der Waals surface area contributed by atoms with E-state index in [2.05, 4.69) is 0 Å². The van der Waals surface area contributed by atoms with Crippen LogP contribution in [0.4, 0.5) is 0 Å². The Bertz CT molecular complexity index is 565. The molecule has 25 heavy (non-hydrogen) atoms. The van der Waals surface area contributed by atoms with Gasteiger partial charge in [-0.2, -0.15) is 0 Å². The van der Waals surface area contributed by atoms with E-state index in [0.29, 0.717) is 8.64 Å². The van der Waals surface area contributed by atoms with Crippen molar-refractivity contribution in [3.8, 4) is 0 Å². The van der Waals surface area contributed by atoms with Gasteiger partial charge in [0.15, 0.2) is 0 Å². The highest BCUT2D eigenvalue weighted by Gasteiger charge is 2.30. The van der Waals surface area contributed by atoms with Crippen molar-refractivity contribution in [2.24, 2.45) is 0 Å². The molecule has 0 heterocycles. The van der Waals surface area contributed by atoms with Crippen molar-refractivity contribution >= 4 is 44.8 Å². The first-order valence-electron chi connectivity index (χ1n) is 8.33. The summed E-state index contributed by atoms with van der Waals surface area (Å²) in [7, 11) is 6.60. The van der Waals surface area contributed by atoms with Gasteiger partial charge in [-0.05, 0) is 30.6 Å². The third kappa shape index (κ3) is 7.68. The lowest BCUT2D eigenvalue weighted by molar-refractivity contribution is -0.736. The molecule has 0 saturated heterocycles. The van der Waals surface area contributed by atoms with Gasteiger partial charge < -0.3 is 19.9 Å². The summed E-state index contributed by atoms with van der Waals surface area (Å²) in [6.07, 6.45) is 5.44. The van der Waals surface area contributed by atoms with Crippen molar-refractivity contribution in [1.82, 2.24) is 4.90 Å². The first-order chi connectivity index (χ1) is 11.6. The van der Waals surface area contributed by atoms with Crippen molar-refractivity contribution < 1.29 is 9.75 Å². The normalized spacial score (nSPS) is 16.4. The third-order valence-corrected chi connectivity index (χ3v) is 6.43. The molecular formula is C18H28N2O2S3. The summed E-state index contributed by atoms with van der Waals surface area (Å²) >= 11 is 11.0. The minimum atomic E-state index is -0.589. The SMILES string of the molecule is CN(C)C(=S)SC(=S)[N+](C)(C)[O-].OC1(c2ccccc2)CCCCC1. The molecule has 1 aliphatic rings. The summed E-state index contributed by atoms with van der Waals surface area (Å²) in [5, 5.41) is 21.6. The zero-order chi connectivity index (χ0) is 19.1. The lowest BCUT2D eigenvalue weighted by atomic mass is 9.80. The molecule has 1 aromatic rings. The van der Waals surface area contributed by atoms with Gasteiger partial charge in [0.1, 0.15) is 4.32 Å². The highest BCUT2D eigenvalue weighted by molar-refractivity contribution is 8.37. The fourth-order valence-electron chi connectivity index (χ4n) is 2.45. The first kappa shape index (κ1) is 22.5. The maximum Gasteiger partial charge on any atom is 0.240 e. The largest absolute Gasteiger partial charge is 0.627 e. The van der Waals surface area contributed by atoms with Gasteiger partial charge >= 0.3 is 0 Å². The molecule has 1 aromatic carbocycles. The molecule has 1 aliphatic carbocycles. The molecule has 1 N–H and O–H groups in total. The predicted molar refractivity (Wildman–Crippen MR) is 115 cm³/mol. The van der Waals surface area contributed by atoms with Crippen LogP contribution in [-0.4, -0.2) is 51.5 Å². The van der Waals surface area contributed by atoms with Gasteiger partial charge in [-0.25, -0.2) is 0 Å². The molecule has 7 heteroatoms. The van der Waals surface area contributed by atoms with Gasteiger partial charge in [-0.15, -0.1) is 0 Å². The Labute approximate surface area is 166 Å². The van der Waals surface area contributed by atoms with E-state index in [0.717, 1.165) is 43.0 Å². The molecule has 0 atom stereocenters. The smallest absolute Gasteiger partial charge is 0.240 e. The summed E-state index contributed by atoms with van der Waals surface area (Å²) in [6, 6.07) is 10.1. The van der Waals surface area contributed by atoms with E-state index < -0.39 is 10.2 Å². The highest BCUT2D eigenvalue weighted by atomic mass is 32.2. The van der Waals surface area contributed by atoms with Crippen LogP contribution in [0.1, 0.15) is 37.7 Å². The fourth-order valence-corrected chi connectivity index (χ4v) is 3.63. The molecule has 0 aromatic heterocycles. The Balaban J connectivity index is 0.000000252. The van der Waals surface area contributed by atoms with E-state index >= 15 is 0 Å². The summed E-state index contributed by atoms with van der Waals surface area (Å²) < 4.78 is 0.351. The summed E-state index contributed by atoms with van der Waals surface area (Å²) in [5.74, 6) is 0. The molecular weight excluding hydrogens is 372 g/mol. The van der Waals surface area contributed by atoms with Crippen LogP contribution in [0.5, 0.6) is 0 Å². The highest BCUT2D eigenvalue weighted by Crippen LogP contribution is 2.36. The van der Waals surface area contributed by atoms with Crippen LogP contribution < -0.4 is 0 Å². The number of nitrogens with zero attached hydrogens (tertiary/aromatic N) is 2. The average molecular weight is 401 g/mol. The number of hydroxylamine groups is 3. The van der Waals surface area contributed by atoms with Gasteiger partial charge in [0, 0.05) is 25.9 Å². The maximum absolute atomic E-state index is 11.3. The Kier molecular flexibility index (Phi) is 8.94. The van der Waals surface area contributed by atoms with E-state index in [1.807, 2.05) is 44.4 Å². The Morgan fingerprint density at radius 2 is 1.64 bits per heavy atom. The average Bonchev–Trinajstić information content (AvgIpc) is 2.56. The fraction of sp³-hybridized carbons (Fsp3) is 0.556. The number of benzene rings is 1. The molecule has 0 amide bonds. The summed E-state index contributed by atoms with van der Waals surface area (Å²) in [5.41, 5.74) is 0.564. The quantitative estimate of drug-likeness (QED) is 0.432. The van der Waals surface area contributed by atoms with Crippen molar-refractivity contribution in [2.45, 2.75) is 37.7 Å². The molecule has 0 aliphatic heterocycles. The van der Waals surface area contributed by atoms with Crippen LogP contribution in [0, 0.1) is 5.21 Å². The Hall–Kier alpha value is -0.570. The van der Waals surface area contributed by atoms with Crippen molar-refractivity contribution in [1.29, 1.82) is 0 Å². The van der Waals surface area contributed by atoms with E-state index in [-0.39, 0.29) is 0 Å². The van der Waals surface area contributed by atoms with Crippen molar-refractivity contribution in [3.05, 3.63) is 41.1 Å². The van der Waals surface area contributed by atoms with Gasteiger partial charge in [0.2, 0.25) is 4.32 Å². The van der Waals surface area contributed by atoms with Crippen molar-refractivity contribution in [2.75, 3.05) is 28.2 Å². The number of rotatable bonds is 1. The third-order valence-electron chi connectivity index (χ3n) is 3.97. The monoisotopic (exact) mass is 400 g/mol. The zero-order valence-electron chi connectivity index (χ0n) is 15.4. The van der Waals surface area contributed by atoms with Crippen molar-refractivity contribution in [3.63, 3.8) is 0 Å². The van der Waals surface area contributed by atoms with E-state index in [1.165, 1.54) is 20.5 Å². The van der Waals surface area contributed by atoms with Crippen LogP contribution in [-0.2, 0) is 5.60 Å². The van der Waals surface area contributed by atoms with E-state index in [1.54, 1.807) is 4.90 Å². The van der Waals surface area contributed by atoms with E-state index in [9.17, 15) is 10.3 Å². The zero-order valence-corrected chi connectivity index (χ0v) is 17.8. The topological polar surface area (TPSA) is 46.5 Å². The van der Waals surface area contributed by atoms with Gasteiger partial charge in [0.05, 0.1) is 19.7 Å². The molecule has 2 rings (SSSR count). The molecule has 0 spiro atoms. The number of hydrogen-bond acceptors (Lipinski definition) is 5. The lowest BCUT2D eigenvalue weighted by Crippen LogP contribution is -2.37. The van der Waals surface area contributed by atoms with Crippen LogP contribution in [0.3, 0.4) is 0 Å². The molecule has 0 bridgehead atoms. The molecule has 1 fully saturated rings. The number of aliphatic hydroxyl groups is 1. The second kappa shape index (κ2) is 9.94. The second-order valence-electron chi connectivity index (χ2n) is 6.84. The number of thioether (sulfide) groups is 1. The summed E-state index contributed by atoms with van der Waals surface area (Å²) in [4.78, 5) is 1.75. The standard InChI is InChI=1S/C12H16O.C6H12N2OS3/c13-12(9-5-2-6-10-12)11-7-3-1-4-8-11;1-7(2)5(10)12-6(11)8(3,4)9/h1,3-4,7-8,13H,2,5-6,9-10H2;1-4H3. The first-order valence-corrected chi connectivity index (χ1v) is 9.96. The lowest BCUT2D eigenvalue weighted by Gasteiger charge is -2.32. The molecule has 140 valence electrons. The second-order valence-corrected chi connectivity index (χ2v) is 9.11. The molecule has 0 unspecified atom stereocenters. The van der Waals surface area contributed by atoms with Crippen LogP contribution in [0.25, 0.3) is 0 Å².